The fourth-order valence-corrected chi connectivity index (χ4v) is 2.22. The number of hydrogen-bond acceptors (Lipinski definition) is 3. The zero-order valence-electron chi connectivity index (χ0n) is 10.1. The maximum Gasteiger partial charge on any atom is 0.0903 e. The highest BCUT2D eigenvalue weighted by Gasteiger charge is 2.16. The molecule has 3 aromatic rings. The van der Waals surface area contributed by atoms with Crippen molar-refractivity contribution in [2.24, 2.45) is 12.8 Å². The maximum atomic E-state index is 6.30. The van der Waals surface area contributed by atoms with Gasteiger partial charge in [0.1, 0.15) is 0 Å². The van der Waals surface area contributed by atoms with Crippen molar-refractivity contribution in [3.8, 4) is 0 Å². The lowest BCUT2D eigenvalue weighted by atomic mass is 10.0. The van der Waals surface area contributed by atoms with Gasteiger partial charge < -0.3 is 5.73 Å². The van der Waals surface area contributed by atoms with E-state index in [1.165, 1.54) is 0 Å². The van der Waals surface area contributed by atoms with E-state index in [4.69, 9.17) is 5.73 Å². The third kappa shape index (κ3) is 1.67. The highest BCUT2D eigenvalue weighted by Crippen LogP contribution is 2.24. The number of nitrogens with two attached hydrogens (primary N) is 1. The molecule has 90 valence electrons. The molecule has 18 heavy (non-hydrogen) atoms. The minimum atomic E-state index is -0.261. The SMILES string of the molecule is Cn1nccc1C(N)c1nccc2ccccc12. The second kappa shape index (κ2) is 4.23. The van der Waals surface area contributed by atoms with Crippen molar-refractivity contribution in [1.82, 2.24) is 14.8 Å². The molecule has 0 spiro atoms. The Kier molecular flexibility index (Phi) is 2.57. The number of aryl methyl sites for hydroxylation is 1. The van der Waals surface area contributed by atoms with Crippen LogP contribution in [0.2, 0.25) is 0 Å². The van der Waals surface area contributed by atoms with Crippen LogP contribution in [0, 0.1) is 0 Å². The highest BCUT2D eigenvalue weighted by molar-refractivity contribution is 5.84. The van der Waals surface area contributed by atoms with Crippen molar-refractivity contribution in [2.75, 3.05) is 0 Å². The van der Waals surface area contributed by atoms with Gasteiger partial charge in [-0.15, -0.1) is 0 Å². The van der Waals surface area contributed by atoms with Crippen molar-refractivity contribution in [2.45, 2.75) is 6.04 Å². The molecule has 0 fully saturated rings. The van der Waals surface area contributed by atoms with Gasteiger partial charge >= 0.3 is 0 Å². The third-order valence-corrected chi connectivity index (χ3v) is 3.18. The van der Waals surface area contributed by atoms with Gasteiger partial charge in [0.15, 0.2) is 0 Å². The Morgan fingerprint density at radius 2 is 1.94 bits per heavy atom. The summed E-state index contributed by atoms with van der Waals surface area (Å²) in [6, 6.07) is 11.8. The van der Waals surface area contributed by atoms with Crippen LogP contribution >= 0.6 is 0 Å². The summed E-state index contributed by atoms with van der Waals surface area (Å²) in [5, 5.41) is 6.40. The lowest BCUT2D eigenvalue weighted by Gasteiger charge is -2.13. The van der Waals surface area contributed by atoms with Crippen LogP contribution in [0.1, 0.15) is 17.4 Å². The number of hydrogen-bond donors (Lipinski definition) is 1. The molecule has 4 nitrogen and oxygen atoms in total. The minimum absolute atomic E-state index is 0.261. The van der Waals surface area contributed by atoms with Crippen LogP contribution in [0.5, 0.6) is 0 Å². The second-order valence-corrected chi connectivity index (χ2v) is 4.27. The molecular formula is C14H14N4. The molecule has 1 aromatic carbocycles. The quantitative estimate of drug-likeness (QED) is 0.743. The first-order chi connectivity index (χ1) is 8.77. The summed E-state index contributed by atoms with van der Waals surface area (Å²) < 4.78 is 1.79. The fraction of sp³-hybridized carbons (Fsp3) is 0.143. The lowest BCUT2D eigenvalue weighted by molar-refractivity contribution is 0.667. The van der Waals surface area contributed by atoms with Gasteiger partial charge in [0, 0.05) is 24.8 Å². The Morgan fingerprint density at radius 3 is 2.72 bits per heavy atom. The molecule has 2 aromatic heterocycles. The topological polar surface area (TPSA) is 56.7 Å². The van der Waals surface area contributed by atoms with Gasteiger partial charge in [0.25, 0.3) is 0 Å². The maximum absolute atomic E-state index is 6.30. The van der Waals surface area contributed by atoms with E-state index in [0.29, 0.717) is 0 Å². The average Bonchev–Trinajstić information content (AvgIpc) is 2.83. The molecule has 0 saturated carbocycles. The van der Waals surface area contributed by atoms with Crippen molar-refractivity contribution in [1.29, 1.82) is 0 Å². The summed E-state index contributed by atoms with van der Waals surface area (Å²) in [7, 11) is 1.89. The van der Waals surface area contributed by atoms with Crippen LogP contribution < -0.4 is 5.73 Å². The largest absolute Gasteiger partial charge is 0.318 e. The molecule has 0 bridgehead atoms. The first-order valence-corrected chi connectivity index (χ1v) is 5.84. The molecule has 0 saturated heterocycles. The van der Waals surface area contributed by atoms with E-state index in [2.05, 4.69) is 16.1 Å². The van der Waals surface area contributed by atoms with Gasteiger partial charge in [-0.05, 0) is 17.5 Å². The smallest absolute Gasteiger partial charge is 0.0903 e. The Bertz CT molecular complexity index is 682. The Hall–Kier alpha value is -2.20. The summed E-state index contributed by atoms with van der Waals surface area (Å²) in [4.78, 5) is 4.44. The zero-order chi connectivity index (χ0) is 12.5. The van der Waals surface area contributed by atoms with Gasteiger partial charge in [-0.25, -0.2) is 0 Å². The van der Waals surface area contributed by atoms with Gasteiger partial charge in [0.2, 0.25) is 0 Å². The monoisotopic (exact) mass is 238 g/mol. The van der Waals surface area contributed by atoms with Crippen molar-refractivity contribution >= 4 is 10.8 Å². The van der Waals surface area contributed by atoms with E-state index in [1.54, 1.807) is 17.1 Å². The zero-order valence-corrected chi connectivity index (χ0v) is 10.1. The lowest BCUT2D eigenvalue weighted by Crippen LogP contribution is -2.17. The number of rotatable bonds is 2. The number of fused-ring (bicyclic) bond motifs is 1. The molecule has 2 heterocycles. The van der Waals surface area contributed by atoms with E-state index in [0.717, 1.165) is 22.2 Å². The Labute approximate surface area is 105 Å². The van der Waals surface area contributed by atoms with Crippen molar-refractivity contribution in [3.05, 3.63) is 60.2 Å². The molecule has 3 rings (SSSR count). The van der Waals surface area contributed by atoms with Crippen LogP contribution in [-0.2, 0) is 7.05 Å². The molecule has 0 aliphatic carbocycles. The number of pyridine rings is 1. The summed E-state index contributed by atoms with van der Waals surface area (Å²) in [5.74, 6) is 0. The molecule has 1 unspecified atom stereocenters. The van der Waals surface area contributed by atoms with Crippen molar-refractivity contribution < 1.29 is 0 Å². The Balaban J connectivity index is 2.18. The van der Waals surface area contributed by atoms with E-state index in [-0.39, 0.29) is 6.04 Å². The third-order valence-electron chi connectivity index (χ3n) is 3.18. The second-order valence-electron chi connectivity index (χ2n) is 4.27. The molecule has 0 aliphatic heterocycles. The van der Waals surface area contributed by atoms with Gasteiger partial charge in [-0.1, -0.05) is 24.3 Å². The van der Waals surface area contributed by atoms with Crippen molar-refractivity contribution in [3.63, 3.8) is 0 Å². The normalized spacial score (nSPS) is 12.8. The van der Waals surface area contributed by atoms with E-state index < -0.39 is 0 Å². The van der Waals surface area contributed by atoms with Gasteiger partial charge in [-0.3, -0.25) is 9.67 Å². The van der Waals surface area contributed by atoms with Crippen LogP contribution in [0.25, 0.3) is 10.8 Å². The summed E-state index contributed by atoms with van der Waals surface area (Å²) in [6.07, 6.45) is 3.55. The van der Waals surface area contributed by atoms with E-state index >= 15 is 0 Å². The molecule has 0 amide bonds. The predicted octanol–water partition coefficient (Wildman–Crippen LogP) is 2.02. The number of benzene rings is 1. The predicted molar refractivity (Wildman–Crippen MR) is 71.0 cm³/mol. The number of nitrogens with zero attached hydrogens (tertiary/aromatic N) is 3. The standard InChI is InChI=1S/C14H14N4/c1-18-12(7-9-17-18)13(15)14-11-5-3-2-4-10(11)6-8-16-14/h2-9,13H,15H2,1H3. The molecule has 4 heteroatoms. The molecule has 2 N–H and O–H groups in total. The minimum Gasteiger partial charge on any atom is -0.318 e. The molecule has 1 atom stereocenters. The highest BCUT2D eigenvalue weighted by atomic mass is 15.3. The van der Waals surface area contributed by atoms with E-state index in [1.807, 2.05) is 37.4 Å². The van der Waals surface area contributed by atoms with E-state index in [9.17, 15) is 0 Å². The average molecular weight is 238 g/mol. The summed E-state index contributed by atoms with van der Waals surface area (Å²) in [5.41, 5.74) is 8.15. The Morgan fingerprint density at radius 1 is 1.11 bits per heavy atom. The van der Waals surface area contributed by atoms with Crippen LogP contribution in [0.3, 0.4) is 0 Å². The summed E-state index contributed by atoms with van der Waals surface area (Å²) in [6.45, 7) is 0. The fourth-order valence-electron chi connectivity index (χ4n) is 2.22. The van der Waals surface area contributed by atoms with Crippen LogP contribution in [-0.4, -0.2) is 14.8 Å². The summed E-state index contributed by atoms with van der Waals surface area (Å²) >= 11 is 0. The molecule has 0 aliphatic rings. The number of aromatic nitrogens is 3. The first-order valence-electron chi connectivity index (χ1n) is 5.84. The molecular weight excluding hydrogens is 224 g/mol. The van der Waals surface area contributed by atoms with Gasteiger partial charge in [0.05, 0.1) is 17.4 Å². The van der Waals surface area contributed by atoms with Gasteiger partial charge in [-0.2, -0.15) is 5.10 Å². The first kappa shape index (κ1) is 10.9. The molecule has 0 radical (unpaired) electrons. The van der Waals surface area contributed by atoms with Crippen LogP contribution in [0.4, 0.5) is 0 Å². The van der Waals surface area contributed by atoms with Crippen LogP contribution in [0.15, 0.2) is 48.8 Å².